The van der Waals surface area contributed by atoms with Gasteiger partial charge in [-0.15, -0.1) is 0 Å². The molecule has 31 heavy (non-hydrogen) atoms. The summed E-state index contributed by atoms with van der Waals surface area (Å²) in [7, 11) is 0. The van der Waals surface area contributed by atoms with Crippen LogP contribution < -0.4 is 15.5 Å². The zero-order chi connectivity index (χ0) is 21.6. The van der Waals surface area contributed by atoms with Gasteiger partial charge in [0.25, 0.3) is 0 Å². The number of halogens is 2. The Morgan fingerprint density at radius 1 is 0.968 bits per heavy atom. The van der Waals surface area contributed by atoms with Gasteiger partial charge in [-0.3, -0.25) is 9.59 Å². The van der Waals surface area contributed by atoms with E-state index in [4.69, 9.17) is 0 Å². The van der Waals surface area contributed by atoms with Gasteiger partial charge in [-0.2, -0.15) is 0 Å². The predicted molar refractivity (Wildman–Crippen MR) is 115 cm³/mol. The molecule has 0 aromatic heterocycles. The average Bonchev–Trinajstić information content (AvgIpc) is 3.20. The SMILES string of the molecule is O=C(CCNC(=O)C12CC3CC(CC(C3)C1)C2)Nc1cc(F)c(N2CCCC2)c(F)c1. The van der Waals surface area contributed by atoms with Gasteiger partial charge in [0.2, 0.25) is 11.8 Å². The van der Waals surface area contributed by atoms with Crippen molar-refractivity contribution >= 4 is 23.2 Å². The molecule has 168 valence electrons. The van der Waals surface area contributed by atoms with E-state index in [0.29, 0.717) is 30.8 Å². The summed E-state index contributed by atoms with van der Waals surface area (Å²) in [5.74, 6) is 0.473. The predicted octanol–water partition coefficient (Wildman–Crippen LogP) is 4.23. The van der Waals surface area contributed by atoms with Gasteiger partial charge in [0.1, 0.15) is 5.69 Å². The number of anilines is 2. The van der Waals surface area contributed by atoms with Crippen molar-refractivity contribution < 1.29 is 18.4 Å². The van der Waals surface area contributed by atoms with Crippen LogP contribution in [0.15, 0.2) is 12.1 Å². The van der Waals surface area contributed by atoms with Crippen LogP contribution in [0.1, 0.15) is 57.8 Å². The Kier molecular flexibility index (Phi) is 5.39. The minimum Gasteiger partial charge on any atom is -0.367 e. The molecule has 0 atom stereocenters. The van der Waals surface area contributed by atoms with Crippen LogP contribution in [0.25, 0.3) is 0 Å². The van der Waals surface area contributed by atoms with Gasteiger partial charge >= 0.3 is 0 Å². The molecule has 1 aromatic rings. The maximum absolute atomic E-state index is 14.4. The molecule has 2 amide bonds. The van der Waals surface area contributed by atoms with Crippen molar-refractivity contribution in [3.05, 3.63) is 23.8 Å². The Bertz CT molecular complexity index is 823. The molecule has 0 radical (unpaired) electrons. The van der Waals surface area contributed by atoms with Crippen LogP contribution in [0.2, 0.25) is 0 Å². The summed E-state index contributed by atoms with van der Waals surface area (Å²) >= 11 is 0. The first-order valence-electron chi connectivity index (χ1n) is 11.7. The highest BCUT2D eigenvalue weighted by molar-refractivity contribution is 5.91. The van der Waals surface area contributed by atoms with E-state index >= 15 is 0 Å². The highest BCUT2D eigenvalue weighted by Crippen LogP contribution is 2.60. The summed E-state index contributed by atoms with van der Waals surface area (Å²) in [5.41, 5.74) is -0.142. The first-order chi connectivity index (χ1) is 14.9. The van der Waals surface area contributed by atoms with Crippen molar-refractivity contribution in [3.63, 3.8) is 0 Å². The summed E-state index contributed by atoms with van der Waals surface area (Å²) in [4.78, 5) is 26.9. The molecule has 7 heteroatoms. The van der Waals surface area contributed by atoms with Crippen LogP contribution in [0, 0.1) is 34.8 Å². The summed E-state index contributed by atoms with van der Waals surface area (Å²) in [6, 6.07) is 2.34. The van der Waals surface area contributed by atoms with Gasteiger partial charge in [0.05, 0.1) is 0 Å². The molecule has 1 aromatic carbocycles. The van der Waals surface area contributed by atoms with Crippen molar-refractivity contribution in [3.8, 4) is 0 Å². The topological polar surface area (TPSA) is 61.4 Å². The highest BCUT2D eigenvalue weighted by Gasteiger charge is 2.54. The van der Waals surface area contributed by atoms with Gasteiger partial charge in [0.15, 0.2) is 11.6 Å². The van der Waals surface area contributed by atoms with Gasteiger partial charge in [-0.05, 0) is 81.3 Å². The van der Waals surface area contributed by atoms with E-state index < -0.39 is 11.6 Å². The number of rotatable bonds is 6. The van der Waals surface area contributed by atoms with Gasteiger partial charge in [0, 0.05) is 37.2 Å². The molecule has 1 heterocycles. The number of nitrogens with zero attached hydrogens (tertiary/aromatic N) is 1. The summed E-state index contributed by atoms with van der Waals surface area (Å²) in [6.45, 7) is 1.52. The molecule has 0 unspecified atom stereocenters. The standard InChI is InChI=1S/C24H31F2N3O2/c25-19-10-18(11-20(26)22(19)29-5-1-2-6-29)28-21(30)3-4-27-23(31)24-12-15-7-16(13-24)9-17(8-15)14-24/h10-11,15-17H,1-9,12-14H2,(H,27,31)(H,28,30). The van der Waals surface area contributed by atoms with Crippen molar-refractivity contribution in [2.75, 3.05) is 29.9 Å². The molecule has 4 saturated carbocycles. The number of carbonyl (C=O) groups is 2. The van der Waals surface area contributed by atoms with Crippen LogP contribution in [0.3, 0.4) is 0 Å². The lowest BCUT2D eigenvalue weighted by Gasteiger charge is -2.55. The average molecular weight is 432 g/mol. The molecule has 5 nitrogen and oxygen atoms in total. The van der Waals surface area contributed by atoms with Crippen molar-refractivity contribution in [1.29, 1.82) is 0 Å². The lowest BCUT2D eigenvalue weighted by atomic mass is 9.49. The van der Waals surface area contributed by atoms with E-state index in [1.165, 1.54) is 31.4 Å². The molecule has 2 N–H and O–H groups in total. The van der Waals surface area contributed by atoms with Gasteiger partial charge in [-0.25, -0.2) is 8.78 Å². The Labute approximate surface area is 181 Å². The van der Waals surface area contributed by atoms with E-state index in [9.17, 15) is 18.4 Å². The first kappa shape index (κ1) is 20.7. The van der Waals surface area contributed by atoms with Gasteiger partial charge in [-0.1, -0.05) is 0 Å². The Balaban J connectivity index is 1.13. The highest BCUT2D eigenvalue weighted by atomic mass is 19.1. The fourth-order valence-corrected chi connectivity index (χ4v) is 6.97. The quantitative estimate of drug-likeness (QED) is 0.709. The smallest absolute Gasteiger partial charge is 0.226 e. The van der Waals surface area contributed by atoms with Crippen molar-refractivity contribution in [2.45, 2.75) is 57.8 Å². The molecular weight excluding hydrogens is 400 g/mol. The van der Waals surface area contributed by atoms with Crippen LogP contribution in [0.5, 0.6) is 0 Å². The zero-order valence-electron chi connectivity index (χ0n) is 17.9. The monoisotopic (exact) mass is 431 g/mol. The van der Waals surface area contributed by atoms with Gasteiger partial charge < -0.3 is 15.5 Å². The molecule has 5 fully saturated rings. The Morgan fingerprint density at radius 2 is 1.52 bits per heavy atom. The number of carbonyl (C=O) groups excluding carboxylic acids is 2. The number of hydrogen-bond acceptors (Lipinski definition) is 3. The maximum Gasteiger partial charge on any atom is 0.226 e. The molecule has 5 aliphatic rings. The second-order valence-corrected chi connectivity index (χ2v) is 10.2. The van der Waals surface area contributed by atoms with E-state index in [1.807, 2.05) is 0 Å². The van der Waals surface area contributed by atoms with E-state index in [1.54, 1.807) is 4.90 Å². The van der Waals surface area contributed by atoms with Crippen LogP contribution in [-0.4, -0.2) is 31.4 Å². The van der Waals surface area contributed by atoms with Crippen LogP contribution >= 0.6 is 0 Å². The lowest BCUT2D eigenvalue weighted by Crippen LogP contribution is -2.53. The molecule has 1 saturated heterocycles. The normalized spacial score (nSPS) is 31.2. The second-order valence-electron chi connectivity index (χ2n) is 10.2. The summed E-state index contributed by atoms with van der Waals surface area (Å²) in [5, 5.41) is 5.53. The molecule has 1 aliphatic heterocycles. The molecule has 0 spiro atoms. The fraction of sp³-hybridized carbons (Fsp3) is 0.667. The van der Waals surface area contributed by atoms with Crippen LogP contribution in [-0.2, 0) is 9.59 Å². The summed E-state index contributed by atoms with van der Waals surface area (Å²) in [6.07, 6.45) is 8.71. The zero-order valence-corrected chi connectivity index (χ0v) is 17.9. The fourth-order valence-electron chi connectivity index (χ4n) is 6.97. The molecule has 4 bridgehead atoms. The van der Waals surface area contributed by atoms with Crippen molar-refractivity contribution in [2.24, 2.45) is 23.2 Å². The third-order valence-corrected chi connectivity index (χ3v) is 7.88. The number of nitrogens with one attached hydrogen (secondary N) is 2. The van der Waals surface area contributed by atoms with Crippen LogP contribution in [0.4, 0.5) is 20.2 Å². The minimum absolute atomic E-state index is 0.0154. The lowest BCUT2D eigenvalue weighted by molar-refractivity contribution is -0.146. The van der Waals surface area contributed by atoms with E-state index in [2.05, 4.69) is 10.6 Å². The first-order valence-corrected chi connectivity index (χ1v) is 11.7. The Hall–Kier alpha value is -2.18. The maximum atomic E-state index is 14.4. The number of benzene rings is 1. The van der Waals surface area contributed by atoms with Crippen molar-refractivity contribution in [1.82, 2.24) is 5.32 Å². The molecule has 6 rings (SSSR count). The number of hydrogen-bond donors (Lipinski definition) is 2. The largest absolute Gasteiger partial charge is 0.367 e. The molecule has 4 aliphatic carbocycles. The number of amides is 2. The Morgan fingerprint density at radius 3 is 2.06 bits per heavy atom. The second kappa shape index (κ2) is 8.06. The third kappa shape index (κ3) is 4.03. The van der Waals surface area contributed by atoms with E-state index in [0.717, 1.165) is 32.1 Å². The van der Waals surface area contributed by atoms with E-state index in [-0.39, 0.29) is 41.6 Å². The summed E-state index contributed by atoms with van der Waals surface area (Å²) < 4.78 is 28.9. The minimum atomic E-state index is -0.660. The molecular formula is C24H31F2N3O2. The third-order valence-electron chi connectivity index (χ3n) is 7.88.